The molecule has 0 aliphatic heterocycles. The highest BCUT2D eigenvalue weighted by Crippen LogP contribution is 2.19. The number of phenolic OH excluding ortho intramolecular Hbond substituents is 1. The van der Waals surface area contributed by atoms with Crippen molar-refractivity contribution in [2.75, 3.05) is 0 Å². The Kier molecular flexibility index (Phi) is 3.06. The molecular weight excluding hydrogens is 308 g/mol. The predicted molar refractivity (Wildman–Crippen MR) is 91.8 cm³/mol. The second-order valence-corrected chi connectivity index (χ2v) is 5.27. The maximum absolute atomic E-state index is 12.6. The van der Waals surface area contributed by atoms with Crippen LogP contribution in [0.3, 0.4) is 0 Å². The van der Waals surface area contributed by atoms with Gasteiger partial charge >= 0.3 is 11.2 Å². The maximum Gasteiger partial charge on any atom is 0.350 e. The zero-order valence-electron chi connectivity index (χ0n) is 12.4. The third-order valence-corrected chi connectivity index (χ3v) is 3.79. The summed E-state index contributed by atoms with van der Waals surface area (Å²) in [7, 11) is 0. The fourth-order valence-electron chi connectivity index (χ4n) is 2.61. The lowest BCUT2D eigenvalue weighted by Crippen LogP contribution is -2.32. The predicted octanol–water partition coefficient (Wildman–Crippen LogP) is 1.76. The van der Waals surface area contributed by atoms with E-state index < -0.39 is 11.2 Å². The zero-order chi connectivity index (χ0) is 16.7. The van der Waals surface area contributed by atoms with E-state index in [1.165, 1.54) is 12.3 Å². The molecule has 0 amide bonds. The number of para-hydroxylation sites is 2. The summed E-state index contributed by atoms with van der Waals surface area (Å²) in [4.78, 5) is 30.4. The van der Waals surface area contributed by atoms with Gasteiger partial charge in [-0.3, -0.25) is 4.79 Å². The number of H-pyrrole nitrogens is 2. The van der Waals surface area contributed by atoms with Gasteiger partial charge in [0.05, 0.1) is 11.7 Å². The van der Waals surface area contributed by atoms with Crippen molar-refractivity contribution < 1.29 is 5.11 Å². The van der Waals surface area contributed by atoms with Gasteiger partial charge in [0.1, 0.15) is 11.3 Å². The lowest BCUT2D eigenvalue weighted by molar-refractivity contribution is 0.474. The van der Waals surface area contributed by atoms with Crippen LogP contribution in [-0.4, -0.2) is 26.0 Å². The minimum absolute atomic E-state index is 0.0115. The molecule has 2 aromatic heterocycles. The van der Waals surface area contributed by atoms with Crippen molar-refractivity contribution in [3.05, 3.63) is 74.9 Å². The second kappa shape index (κ2) is 5.24. The second-order valence-electron chi connectivity index (χ2n) is 5.27. The summed E-state index contributed by atoms with van der Waals surface area (Å²) < 4.78 is 0.726. The van der Waals surface area contributed by atoms with Gasteiger partial charge < -0.3 is 15.1 Å². The van der Waals surface area contributed by atoms with Crippen molar-refractivity contribution in [2.24, 2.45) is 5.10 Å². The van der Waals surface area contributed by atoms with E-state index in [-0.39, 0.29) is 11.3 Å². The molecule has 3 N–H and O–H groups in total. The first kappa shape index (κ1) is 14.0. The van der Waals surface area contributed by atoms with Crippen LogP contribution < -0.4 is 11.2 Å². The van der Waals surface area contributed by atoms with Crippen molar-refractivity contribution in [1.29, 1.82) is 0 Å². The van der Waals surface area contributed by atoms with Crippen molar-refractivity contribution >= 4 is 28.2 Å². The largest absolute Gasteiger partial charge is 0.507 e. The lowest BCUT2D eigenvalue weighted by Gasteiger charge is -1.99. The van der Waals surface area contributed by atoms with E-state index in [0.717, 1.165) is 15.6 Å². The molecular formula is C17H12N4O3. The average Bonchev–Trinajstić information content (AvgIpc) is 2.95. The Morgan fingerprint density at radius 3 is 2.54 bits per heavy atom. The van der Waals surface area contributed by atoms with Gasteiger partial charge in [-0.2, -0.15) is 5.10 Å². The van der Waals surface area contributed by atoms with Gasteiger partial charge in [-0.15, -0.1) is 4.68 Å². The third-order valence-electron chi connectivity index (χ3n) is 3.79. The summed E-state index contributed by atoms with van der Waals surface area (Å²) in [5, 5.41) is 14.4. The molecule has 0 radical (unpaired) electrons. The van der Waals surface area contributed by atoms with E-state index in [9.17, 15) is 14.7 Å². The molecule has 0 spiro atoms. The number of aromatic hydroxyl groups is 1. The van der Waals surface area contributed by atoms with Crippen LogP contribution in [-0.2, 0) is 0 Å². The molecule has 0 fully saturated rings. The van der Waals surface area contributed by atoms with Gasteiger partial charge in [-0.1, -0.05) is 30.3 Å². The highest BCUT2D eigenvalue weighted by molar-refractivity contribution is 6.04. The van der Waals surface area contributed by atoms with Gasteiger partial charge in [-0.05, 0) is 18.2 Å². The number of fused-ring (bicyclic) bond motifs is 3. The van der Waals surface area contributed by atoms with Crippen molar-refractivity contribution in [1.82, 2.24) is 14.6 Å². The number of hydrogen-bond acceptors (Lipinski definition) is 4. The summed E-state index contributed by atoms with van der Waals surface area (Å²) in [5.41, 5.74) is 0.670. The van der Waals surface area contributed by atoms with Crippen LogP contribution in [0.5, 0.6) is 5.75 Å². The van der Waals surface area contributed by atoms with Crippen LogP contribution in [0.4, 0.5) is 0 Å². The molecule has 4 aromatic rings. The SMILES string of the molecule is O=c1[nH]c2c([nH]c3ccccc32)c(=O)n1/N=C\c1ccccc1O. The molecule has 0 atom stereocenters. The van der Waals surface area contributed by atoms with Crippen LogP contribution in [0.15, 0.2) is 63.2 Å². The summed E-state index contributed by atoms with van der Waals surface area (Å²) in [6.45, 7) is 0. The Morgan fingerprint density at radius 1 is 0.958 bits per heavy atom. The van der Waals surface area contributed by atoms with E-state index in [1.54, 1.807) is 18.2 Å². The summed E-state index contributed by atoms with van der Waals surface area (Å²) in [5.74, 6) is 0.0115. The summed E-state index contributed by atoms with van der Waals surface area (Å²) >= 11 is 0. The molecule has 0 aliphatic carbocycles. The molecule has 0 saturated heterocycles. The van der Waals surface area contributed by atoms with Gasteiger partial charge in [0.2, 0.25) is 0 Å². The Morgan fingerprint density at radius 2 is 1.71 bits per heavy atom. The number of aromatic amines is 2. The van der Waals surface area contributed by atoms with E-state index >= 15 is 0 Å². The topological polar surface area (TPSA) is 103 Å². The molecule has 7 heteroatoms. The number of rotatable bonds is 2. The molecule has 2 aromatic carbocycles. The average molecular weight is 320 g/mol. The molecule has 0 unspecified atom stereocenters. The van der Waals surface area contributed by atoms with Gasteiger partial charge in [0, 0.05) is 16.5 Å². The number of hydrogen-bond donors (Lipinski definition) is 3. The maximum atomic E-state index is 12.6. The third kappa shape index (κ3) is 2.11. The van der Waals surface area contributed by atoms with Crippen LogP contribution in [0, 0.1) is 0 Å². The highest BCUT2D eigenvalue weighted by atomic mass is 16.3. The molecule has 7 nitrogen and oxygen atoms in total. The highest BCUT2D eigenvalue weighted by Gasteiger charge is 2.12. The van der Waals surface area contributed by atoms with E-state index in [1.807, 2.05) is 24.3 Å². The molecule has 2 heterocycles. The van der Waals surface area contributed by atoms with Crippen LogP contribution in [0.1, 0.15) is 5.56 Å². The Labute approximate surface area is 134 Å². The number of phenols is 1. The standard InChI is InChI=1S/C17H12N4O3/c22-13-8-4-1-5-10(13)9-18-21-16(23)15-14(20-17(21)24)11-6-2-3-7-12(11)19-15/h1-9,19,22H,(H,20,24)/b18-9-. The van der Waals surface area contributed by atoms with Crippen molar-refractivity contribution in [3.8, 4) is 5.75 Å². The molecule has 0 saturated carbocycles. The van der Waals surface area contributed by atoms with Crippen LogP contribution >= 0.6 is 0 Å². The molecule has 0 aliphatic rings. The van der Waals surface area contributed by atoms with E-state index in [0.29, 0.717) is 11.1 Å². The normalized spacial score (nSPS) is 11.7. The van der Waals surface area contributed by atoms with Crippen molar-refractivity contribution in [2.45, 2.75) is 0 Å². The zero-order valence-corrected chi connectivity index (χ0v) is 12.4. The Bertz CT molecular complexity index is 1210. The number of nitrogens with zero attached hydrogens (tertiary/aromatic N) is 2. The van der Waals surface area contributed by atoms with E-state index in [4.69, 9.17) is 0 Å². The van der Waals surface area contributed by atoms with Gasteiger partial charge in [-0.25, -0.2) is 4.79 Å². The first-order valence-electron chi connectivity index (χ1n) is 7.23. The lowest BCUT2D eigenvalue weighted by atomic mass is 10.2. The minimum Gasteiger partial charge on any atom is -0.507 e. The van der Waals surface area contributed by atoms with Crippen LogP contribution in [0.25, 0.3) is 21.9 Å². The quantitative estimate of drug-likeness (QED) is 0.490. The molecule has 0 bridgehead atoms. The molecule has 24 heavy (non-hydrogen) atoms. The first-order valence-corrected chi connectivity index (χ1v) is 7.23. The number of nitrogens with one attached hydrogen (secondary N) is 2. The first-order chi connectivity index (χ1) is 11.6. The minimum atomic E-state index is -0.649. The van der Waals surface area contributed by atoms with Gasteiger partial charge in [0.25, 0.3) is 0 Å². The fourth-order valence-corrected chi connectivity index (χ4v) is 2.61. The number of benzene rings is 2. The van der Waals surface area contributed by atoms with Gasteiger partial charge in [0.15, 0.2) is 0 Å². The Balaban J connectivity index is 1.94. The van der Waals surface area contributed by atoms with Crippen molar-refractivity contribution in [3.63, 3.8) is 0 Å². The Hall–Kier alpha value is -3.61. The number of aromatic nitrogens is 3. The monoisotopic (exact) mass is 320 g/mol. The summed E-state index contributed by atoms with van der Waals surface area (Å²) in [6, 6.07) is 13.8. The molecule has 4 rings (SSSR count). The fraction of sp³-hybridized carbons (Fsp3) is 0. The smallest absolute Gasteiger partial charge is 0.350 e. The molecule has 118 valence electrons. The van der Waals surface area contributed by atoms with Crippen LogP contribution in [0.2, 0.25) is 0 Å². The summed E-state index contributed by atoms with van der Waals surface area (Å²) in [6.07, 6.45) is 1.26. The van der Waals surface area contributed by atoms with E-state index in [2.05, 4.69) is 15.1 Å².